The molecule has 1 aliphatic heterocycles. The van der Waals surface area contributed by atoms with Crippen molar-refractivity contribution in [2.45, 2.75) is 76.5 Å². The first-order valence-corrected chi connectivity index (χ1v) is 11.3. The number of carbonyl (C=O) groups is 1. The Morgan fingerprint density at radius 1 is 1.12 bits per heavy atom. The normalized spacial score (nSPS) is 24.5. The maximum Gasteiger partial charge on any atom is 0.257 e. The molecule has 1 N–H and O–H groups in total. The van der Waals surface area contributed by atoms with E-state index < -0.39 is 0 Å². The van der Waals surface area contributed by atoms with Crippen LogP contribution >= 0.6 is 23.1 Å². The molecule has 2 nitrogen and oxygen atoms in total. The van der Waals surface area contributed by atoms with Crippen molar-refractivity contribution in [2.24, 2.45) is 5.92 Å². The van der Waals surface area contributed by atoms with Crippen LogP contribution in [0.2, 0.25) is 0 Å². The van der Waals surface area contributed by atoms with Crippen LogP contribution in [0.4, 0.5) is 0 Å². The summed E-state index contributed by atoms with van der Waals surface area (Å²) in [5.41, 5.74) is 3.14. The number of amides is 1. The van der Waals surface area contributed by atoms with Gasteiger partial charge in [-0.25, -0.2) is 0 Å². The second kappa shape index (κ2) is 7.25. The monoisotopic (exact) mass is 361 g/mol. The molecule has 0 radical (unpaired) electrons. The van der Waals surface area contributed by atoms with E-state index in [-0.39, 0.29) is 5.91 Å². The largest absolute Gasteiger partial charge is 0.349 e. The highest BCUT2D eigenvalue weighted by atomic mass is 32.2. The summed E-state index contributed by atoms with van der Waals surface area (Å²) in [6.07, 6.45) is 13.4. The van der Waals surface area contributed by atoms with Crippen LogP contribution in [0.15, 0.2) is 4.91 Å². The lowest BCUT2D eigenvalue weighted by Gasteiger charge is -2.21. The fraction of sp³-hybridized carbons (Fsp3) is 0.650. The third-order valence-corrected chi connectivity index (χ3v) is 7.99. The molecule has 1 amide bonds. The molecule has 0 spiro atoms. The van der Waals surface area contributed by atoms with Crippen molar-refractivity contribution in [3.63, 3.8) is 0 Å². The minimum absolute atomic E-state index is 0.164. The standard InChI is InChI=1S/C20H27NOS2/c1-13-8-9-15-16-12-23-19(11-18(16)24-17(15)10-13)20(22)21-14-6-4-2-3-5-7-14/h11,13-14H,2-10,12H2,1H3,(H,21,22)/t13-/m0/s1. The van der Waals surface area contributed by atoms with Gasteiger partial charge in [-0.1, -0.05) is 32.6 Å². The topological polar surface area (TPSA) is 29.1 Å². The average Bonchev–Trinajstić information content (AvgIpc) is 2.74. The number of thiophene rings is 1. The van der Waals surface area contributed by atoms with Crippen molar-refractivity contribution in [3.05, 3.63) is 25.8 Å². The molecule has 0 saturated heterocycles. The molecule has 3 aliphatic rings. The Bertz CT molecular complexity index is 653. The van der Waals surface area contributed by atoms with Gasteiger partial charge in [0.25, 0.3) is 5.91 Å². The highest BCUT2D eigenvalue weighted by molar-refractivity contribution is 8.03. The molecule has 2 heterocycles. The number of nitrogens with one attached hydrogen (secondary N) is 1. The van der Waals surface area contributed by atoms with Gasteiger partial charge in [-0.2, -0.15) is 0 Å². The predicted molar refractivity (Wildman–Crippen MR) is 104 cm³/mol. The Labute approximate surface area is 153 Å². The molecule has 1 fully saturated rings. The Morgan fingerprint density at radius 3 is 2.71 bits per heavy atom. The van der Waals surface area contributed by atoms with Crippen LogP contribution < -0.4 is 5.32 Å². The molecule has 4 rings (SSSR count). The van der Waals surface area contributed by atoms with E-state index in [1.165, 1.54) is 55.4 Å². The maximum atomic E-state index is 12.7. The molecule has 0 unspecified atom stereocenters. The third-order valence-electron chi connectivity index (χ3n) is 5.70. The molecule has 4 heteroatoms. The Morgan fingerprint density at radius 2 is 1.92 bits per heavy atom. The molecule has 0 bridgehead atoms. The van der Waals surface area contributed by atoms with E-state index in [0.29, 0.717) is 6.04 Å². The summed E-state index contributed by atoms with van der Waals surface area (Å²) in [4.78, 5) is 16.6. The van der Waals surface area contributed by atoms with Crippen molar-refractivity contribution >= 4 is 35.1 Å². The number of hydrogen-bond donors (Lipinski definition) is 1. The summed E-state index contributed by atoms with van der Waals surface area (Å²) in [5, 5.41) is 3.30. The summed E-state index contributed by atoms with van der Waals surface area (Å²) in [6, 6.07) is 0.389. The van der Waals surface area contributed by atoms with E-state index in [1.54, 1.807) is 22.2 Å². The molecular formula is C20H27NOS2. The SMILES string of the molecule is C[C@H]1CCc2c(sc3c2CSC(C(=O)NC2CCCCCC2)=C3)C1. The van der Waals surface area contributed by atoms with Crippen LogP contribution in [0.3, 0.4) is 0 Å². The van der Waals surface area contributed by atoms with Gasteiger partial charge in [0, 0.05) is 21.5 Å². The first-order valence-electron chi connectivity index (χ1n) is 9.49. The zero-order valence-electron chi connectivity index (χ0n) is 14.5. The molecule has 1 saturated carbocycles. The predicted octanol–water partition coefficient (Wildman–Crippen LogP) is 5.30. The molecule has 2 aliphatic carbocycles. The van der Waals surface area contributed by atoms with Crippen molar-refractivity contribution in [3.8, 4) is 0 Å². The first-order chi connectivity index (χ1) is 11.7. The van der Waals surface area contributed by atoms with Gasteiger partial charge in [0.15, 0.2) is 0 Å². The molecule has 1 aromatic rings. The van der Waals surface area contributed by atoms with Gasteiger partial charge in [0.2, 0.25) is 0 Å². The maximum absolute atomic E-state index is 12.7. The lowest BCUT2D eigenvalue weighted by atomic mass is 9.88. The summed E-state index contributed by atoms with van der Waals surface area (Å²) >= 11 is 3.68. The molecule has 24 heavy (non-hydrogen) atoms. The highest BCUT2D eigenvalue weighted by Crippen LogP contribution is 2.43. The third kappa shape index (κ3) is 3.45. The van der Waals surface area contributed by atoms with Gasteiger partial charge >= 0.3 is 0 Å². The fourth-order valence-electron chi connectivity index (χ4n) is 4.23. The molecule has 130 valence electrons. The second-order valence-electron chi connectivity index (χ2n) is 7.65. The van der Waals surface area contributed by atoms with Crippen LogP contribution in [0.25, 0.3) is 6.08 Å². The first kappa shape index (κ1) is 16.7. The number of carbonyl (C=O) groups excluding carboxylic acids is 1. The van der Waals surface area contributed by atoms with Gasteiger partial charge < -0.3 is 5.32 Å². The van der Waals surface area contributed by atoms with Crippen LogP contribution in [0, 0.1) is 5.92 Å². The second-order valence-corrected chi connectivity index (χ2v) is 9.81. The molecule has 1 aromatic heterocycles. The summed E-state index contributed by atoms with van der Waals surface area (Å²) < 4.78 is 0. The van der Waals surface area contributed by atoms with E-state index in [2.05, 4.69) is 18.3 Å². The number of rotatable bonds is 2. The van der Waals surface area contributed by atoms with Crippen LogP contribution in [-0.2, 0) is 23.4 Å². The number of thioether (sulfide) groups is 1. The van der Waals surface area contributed by atoms with Gasteiger partial charge in [-0.15, -0.1) is 23.1 Å². The van der Waals surface area contributed by atoms with Crippen molar-refractivity contribution in [1.82, 2.24) is 5.32 Å². The Balaban J connectivity index is 1.49. The van der Waals surface area contributed by atoms with Gasteiger partial charge in [0.1, 0.15) is 0 Å². The zero-order chi connectivity index (χ0) is 16.5. The minimum Gasteiger partial charge on any atom is -0.349 e. The van der Waals surface area contributed by atoms with Gasteiger partial charge in [-0.3, -0.25) is 4.79 Å². The van der Waals surface area contributed by atoms with E-state index >= 15 is 0 Å². The quantitative estimate of drug-likeness (QED) is 0.724. The smallest absolute Gasteiger partial charge is 0.257 e. The van der Waals surface area contributed by atoms with Gasteiger partial charge in [-0.05, 0) is 55.2 Å². The molecule has 0 aromatic carbocycles. The number of fused-ring (bicyclic) bond motifs is 3. The van der Waals surface area contributed by atoms with Crippen molar-refractivity contribution in [1.29, 1.82) is 0 Å². The van der Waals surface area contributed by atoms with Crippen molar-refractivity contribution < 1.29 is 4.79 Å². The van der Waals surface area contributed by atoms with E-state index in [1.807, 2.05) is 11.3 Å². The van der Waals surface area contributed by atoms with Gasteiger partial charge in [0.05, 0.1) is 4.91 Å². The van der Waals surface area contributed by atoms with Crippen molar-refractivity contribution in [2.75, 3.05) is 0 Å². The van der Waals surface area contributed by atoms with Crippen LogP contribution in [0.5, 0.6) is 0 Å². The highest BCUT2D eigenvalue weighted by Gasteiger charge is 2.27. The lowest BCUT2D eigenvalue weighted by Crippen LogP contribution is -2.35. The lowest BCUT2D eigenvalue weighted by molar-refractivity contribution is -0.117. The van der Waals surface area contributed by atoms with E-state index in [0.717, 1.165) is 29.4 Å². The minimum atomic E-state index is 0.164. The zero-order valence-corrected chi connectivity index (χ0v) is 16.2. The van der Waals surface area contributed by atoms with E-state index in [4.69, 9.17) is 0 Å². The summed E-state index contributed by atoms with van der Waals surface area (Å²) in [5.74, 6) is 1.96. The van der Waals surface area contributed by atoms with Crippen LogP contribution in [0.1, 0.15) is 72.8 Å². The van der Waals surface area contributed by atoms with Crippen LogP contribution in [-0.4, -0.2) is 11.9 Å². The average molecular weight is 362 g/mol. The Hall–Kier alpha value is -0.740. The summed E-state index contributed by atoms with van der Waals surface area (Å²) in [7, 11) is 0. The number of hydrogen-bond acceptors (Lipinski definition) is 3. The van der Waals surface area contributed by atoms with E-state index in [9.17, 15) is 4.79 Å². The Kier molecular flexibility index (Phi) is 5.05. The molecule has 1 atom stereocenters. The summed E-state index contributed by atoms with van der Waals surface area (Å²) in [6.45, 7) is 2.36. The molecular weight excluding hydrogens is 334 g/mol. The fourth-order valence-corrected chi connectivity index (χ4v) is 6.90.